The Kier molecular flexibility index (Phi) is 2.96. The first-order valence-electron chi connectivity index (χ1n) is 5.92. The lowest BCUT2D eigenvalue weighted by molar-refractivity contribution is 0.337. The Hall–Kier alpha value is -1.55. The van der Waals surface area contributed by atoms with Crippen molar-refractivity contribution in [3.8, 4) is 0 Å². The van der Waals surface area contributed by atoms with Crippen molar-refractivity contribution in [2.24, 2.45) is 0 Å². The van der Waals surface area contributed by atoms with E-state index in [0.29, 0.717) is 12.1 Å². The summed E-state index contributed by atoms with van der Waals surface area (Å²) < 4.78 is 5.78. The first-order valence-corrected chi connectivity index (χ1v) is 5.92. The molecule has 0 fully saturated rings. The average molecular weight is 238 g/mol. The lowest BCUT2D eigenvalue weighted by Gasteiger charge is -2.08. The SMILES string of the molecule is OB(O)c1cccc2c1COB2c1ccccc1. The monoisotopic (exact) mass is 238 g/mol. The third kappa shape index (κ3) is 1.86. The lowest BCUT2D eigenvalue weighted by atomic mass is 9.55. The standard InChI is InChI=1S/C13H12B2O3/c16-15(17)13-8-4-7-12-11(13)9-18-14(12)10-5-2-1-3-6-10/h1-8,16-17H,9H2. The van der Waals surface area contributed by atoms with Gasteiger partial charge in [0.05, 0.1) is 6.61 Å². The van der Waals surface area contributed by atoms with Crippen LogP contribution in [0.25, 0.3) is 0 Å². The van der Waals surface area contributed by atoms with Crippen LogP contribution >= 0.6 is 0 Å². The second-order valence-electron chi connectivity index (χ2n) is 4.39. The van der Waals surface area contributed by atoms with Gasteiger partial charge in [-0.15, -0.1) is 0 Å². The van der Waals surface area contributed by atoms with Gasteiger partial charge in [0.15, 0.2) is 0 Å². The molecule has 1 heterocycles. The van der Waals surface area contributed by atoms with Gasteiger partial charge in [-0.2, -0.15) is 0 Å². The minimum Gasteiger partial charge on any atom is -0.423 e. The van der Waals surface area contributed by atoms with Crippen molar-refractivity contribution in [2.75, 3.05) is 0 Å². The van der Waals surface area contributed by atoms with E-state index < -0.39 is 7.12 Å². The smallest absolute Gasteiger partial charge is 0.423 e. The molecular weight excluding hydrogens is 226 g/mol. The summed E-state index contributed by atoms with van der Waals surface area (Å²) in [4.78, 5) is 0. The number of fused-ring (bicyclic) bond motifs is 1. The molecule has 3 rings (SSSR count). The van der Waals surface area contributed by atoms with Crippen LogP contribution in [0.1, 0.15) is 5.56 Å². The van der Waals surface area contributed by atoms with Crippen LogP contribution in [-0.2, 0) is 11.3 Å². The molecule has 0 saturated heterocycles. The largest absolute Gasteiger partial charge is 0.488 e. The van der Waals surface area contributed by atoms with E-state index in [0.717, 1.165) is 16.5 Å². The van der Waals surface area contributed by atoms with E-state index in [1.165, 1.54) is 0 Å². The highest BCUT2D eigenvalue weighted by atomic mass is 16.4. The van der Waals surface area contributed by atoms with Gasteiger partial charge in [-0.25, -0.2) is 0 Å². The molecule has 0 spiro atoms. The van der Waals surface area contributed by atoms with Crippen LogP contribution in [0.5, 0.6) is 0 Å². The highest BCUT2D eigenvalue weighted by Crippen LogP contribution is 2.09. The van der Waals surface area contributed by atoms with Crippen LogP contribution in [0.2, 0.25) is 0 Å². The van der Waals surface area contributed by atoms with Gasteiger partial charge in [0.25, 0.3) is 0 Å². The quantitative estimate of drug-likeness (QED) is 0.660. The first-order chi connectivity index (χ1) is 8.77. The summed E-state index contributed by atoms with van der Waals surface area (Å²) in [7, 11) is -1.45. The van der Waals surface area contributed by atoms with Gasteiger partial charge in [-0.1, -0.05) is 48.5 Å². The van der Waals surface area contributed by atoms with Crippen molar-refractivity contribution >= 4 is 30.4 Å². The molecule has 1 aliphatic rings. The van der Waals surface area contributed by atoms with Crippen LogP contribution in [0.3, 0.4) is 0 Å². The molecule has 2 aromatic rings. The van der Waals surface area contributed by atoms with Gasteiger partial charge in [-0.05, 0) is 22.0 Å². The maximum Gasteiger partial charge on any atom is 0.488 e. The van der Waals surface area contributed by atoms with Crippen molar-refractivity contribution in [3.63, 3.8) is 0 Å². The van der Waals surface area contributed by atoms with Crippen molar-refractivity contribution in [3.05, 3.63) is 54.1 Å². The Morgan fingerprint density at radius 1 is 1.00 bits per heavy atom. The van der Waals surface area contributed by atoms with Crippen molar-refractivity contribution in [2.45, 2.75) is 6.61 Å². The molecule has 2 aromatic carbocycles. The molecule has 1 aliphatic heterocycles. The third-order valence-corrected chi connectivity index (χ3v) is 3.31. The van der Waals surface area contributed by atoms with Crippen LogP contribution in [0, 0.1) is 0 Å². The molecule has 18 heavy (non-hydrogen) atoms. The molecule has 0 bridgehead atoms. The predicted molar refractivity (Wildman–Crippen MR) is 72.5 cm³/mol. The fraction of sp³-hybridized carbons (Fsp3) is 0.0769. The number of hydrogen-bond acceptors (Lipinski definition) is 3. The van der Waals surface area contributed by atoms with Gasteiger partial charge in [0.2, 0.25) is 0 Å². The molecule has 3 nitrogen and oxygen atoms in total. The fourth-order valence-electron chi connectivity index (χ4n) is 2.44. The lowest BCUT2D eigenvalue weighted by Crippen LogP contribution is -2.43. The van der Waals surface area contributed by atoms with Gasteiger partial charge in [0.1, 0.15) is 0 Å². The van der Waals surface area contributed by atoms with Gasteiger partial charge in [0, 0.05) is 0 Å². The van der Waals surface area contributed by atoms with Gasteiger partial charge in [-0.3, -0.25) is 0 Å². The Morgan fingerprint density at radius 2 is 1.78 bits per heavy atom. The van der Waals surface area contributed by atoms with Crippen molar-refractivity contribution < 1.29 is 14.7 Å². The van der Waals surface area contributed by atoms with E-state index in [-0.39, 0.29) is 6.92 Å². The Bertz CT molecular complexity index is 557. The maximum atomic E-state index is 9.34. The molecule has 0 aromatic heterocycles. The number of rotatable bonds is 2. The molecule has 0 radical (unpaired) electrons. The second kappa shape index (κ2) is 4.61. The number of hydrogen-bond donors (Lipinski definition) is 2. The second-order valence-corrected chi connectivity index (χ2v) is 4.39. The van der Waals surface area contributed by atoms with E-state index in [2.05, 4.69) is 0 Å². The minimum absolute atomic E-state index is 0.111. The van der Waals surface area contributed by atoms with E-state index in [1.54, 1.807) is 6.07 Å². The van der Waals surface area contributed by atoms with Gasteiger partial charge < -0.3 is 14.7 Å². The van der Waals surface area contributed by atoms with Crippen molar-refractivity contribution in [1.82, 2.24) is 0 Å². The molecule has 0 unspecified atom stereocenters. The van der Waals surface area contributed by atoms with Crippen LogP contribution in [0.4, 0.5) is 0 Å². The first kappa shape index (κ1) is 11.5. The molecular formula is C13H12B2O3. The highest BCUT2D eigenvalue weighted by Gasteiger charge is 2.33. The molecule has 0 amide bonds. The van der Waals surface area contributed by atoms with Gasteiger partial charge >= 0.3 is 14.0 Å². The van der Waals surface area contributed by atoms with E-state index in [9.17, 15) is 10.0 Å². The van der Waals surface area contributed by atoms with Crippen molar-refractivity contribution in [1.29, 1.82) is 0 Å². The molecule has 5 heteroatoms. The normalized spacial score (nSPS) is 13.6. The van der Waals surface area contributed by atoms with Crippen LogP contribution in [0.15, 0.2) is 48.5 Å². The highest BCUT2D eigenvalue weighted by molar-refractivity contribution is 6.81. The Labute approximate surface area is 106 Å². The Morgan fingerprint density at radius 3 is 2.50 bits per heavy atom. The zero-order chi connectivity index (χ0) is 12.5. The van der Waals surface area contributed by atoms with E-state index >= 15 is 0 Å². The maximum absolute atomic E-state index is 9.34. The summed E-state index contributed by atoms with van der Waals surface area (Å²) in [5, 5.41) is 18.7. The zero-order valence-electron chi connectivity index (χ0n) is 9.78. The minimum atomic E-state index is -1.45. The summed E-state index contributed by atoms with van der Waals surface area (Å²) >= 11 is 0. The molecule has 0 aliphatic carbocycles. The molecule has 0 atom stereocenters. The molecule has 88 valence electrons. The third-order valence-electron chi connectivity index (χ3n) is 3.31. The summed E-state index contributed by atoms with van der Waals surface area (Å²) in [6.45, 7) is 0.308. The Balaban J connectivity index is 2.05. The molecule has 0 saturated carbocycles. The molecule has 2 N–H and O–H groups in total. The zero-order valence-corrected chi connectivity index (χ0v) is 9.78. The fourth-order valence-corrected chi connectivity index (χ4v) is 2.44. The van der Waals surface area contributed by atoms with E-state index in [4.69, 9.17) is 4.65 Å². The summed E-state index contributed by atoms with van der Waals surface area (Å²) in [6, 6.07) is 15.5. The van der Waals surface area contributed by atoms with Crippen LogP contribution in [-0.4, -0.2) is 24.1 Å². The number of benzene rings is 2. The topological polar surface area (TPSA) is 49.7 Å². The summed E-state index contributed by atoms with van der Waals surface area (Å²) in [5.74, 6) is 0. The summed E-state index contributed by atoms with van der Waals surface area (Å²) in [6.07, 6.45) is 0. The predicted octanol–water partition coefficient (Wildman–Crippen LogP) is -0.998. The average Bonchev–Trinajstić information content (AvgIpc) is 2.83. The van der Waals surface area contributed by atoms with Crippen LogP contribution < -0.4 is 16.4 Å². The summed E-state index contributed by atoms with van der Waals surface area (Å²) in [5.41, 5.74) is 3.53. The van der Waals surface area contributed by atoms with E-state index in [1.807, 2.05) is 42.5 Å².